The minimum absolute atomic E-state index is 0.0340. The van der Waals surface area contributed by atoms with Gasteiger partial charge in [-0.15, -0.1) is 0 Å². The predicted octanol–water partition coefficient (Wildman–Crippen LogP) is 2.20. The Morgan fingerprint density at radius 3 is 2.50 bits per heavy atom. The zero-order valence-corrected chi connectivity index (χ0v) is 11.9. The molecule has 6 heteroatoms. The van der Waals surface area contributed by atoms with Gasteiger partial charge in [-0.1, -0.05) is 18.2 Å². The van der Waals surface area contributed by atoms with E-state index in [1.165, 1.54) is 25.3 Å². The average molecular weight is 301 g/mol. The van der Waals surface area contributed by atoms with Crippen molar-refractivity contribution in [1.29, 1.82) is 0 Å². The van der Waals surface area contributed by atoms with E-state index in [4.69, 9.17) is 9.47 Å². The number of phenols is 1. The summed E-state index contributed by atoms with van der Waals surface area (Å²) < 4.78 is 9.78. The van der Waals surface area contributed by atoms with Crippen LogP contribution < -0.4 is 10.1 Å². The zero-order valence-electron chi connectivity index (χ0n) is 11.9. The first-order chi connectivity index (χ1) is 10.6. The average Bonchev–Trinajstić information content (AvgIpc) is 2.53. The first-order valence-electron chi connectivity index (χ1n) is 6.49. The van der Waals surface area contributed by atoms with Crippen molar-refractivity contribution in [3.63, 3.8) is 0 Å². The molecule has 0 aliphatic carbocycles. The standard InChI is InChI=1S/C16H15NO5/c1-21-12-7-8-13(14(18)9-12)16(20)22-10-15(19)17-11-5-3-2-4-6-11/h2-9,18H,10H2,1H3,(H,17,19). The van der Waals surface area contributed by atoms with Crippen LogP contribution in [0.4, 0.5) is 5.69 Å². The number of esters is 1. The van der Waals surface area contributed by atoms with Gasteiger partial charge in [-0.3, -0.25) is 4.79 Å². The maximum absolute atomic E-state index is 11.8. The summed E-state index contributed by atoms with van der Waals surface area (Å²) in [5, 5.41) is 12.3. The summed E-state index contributed by atoms with van der Waals surface area (Å²) in [6.45, 7) is -0.445. The van der Waals surface area contributed by atoms with Crippen LogP contribution in [-0.2, 0) is 9.53 Å². The van der Waals surface area contributed by atoms with E-state index in [1.807, 2.05) is 6.07 Å². The highest BCUT2D eigenvalue weighted by Gasteiger charge is 2.15. The molecule has 0 heterocycles. The van der Waals surface area contributed by atoms with Crippen molar-refractivity contribution in [3.8, 4) is 11.5 Å². The number of hydrogen-bond donors (Lipinski definition) is 2. The molecule has 0 bridgehead atoms. The highest BCUT2D eigenvalue weighted by atomic mass is 16.5. The second-order valence-corrected chi connectivity index (χ2v) is 4.37. The molecule has 2 aromatic rings. The lowest BCUT2D eigenvalue weighted by molar-refractivity contribution is -0.119. The Kier molecular flexibility index (Phi) is 4.98. The number of aromatic hydroxyl groups is 1. The van der Waals surface area contributed by atoms with Crippen LogP contribution in [0.1, 0.15) is 10.4 Å². The molecule has 2 rings (SSSR count). The summed E-state index contributed by atoms with van der Waals surface area (Å²) in [5.41, 5.74) is 0.573. The molecule has 0 aliphatic heterocycles. The maximum atomic E-state index is 11.8. The van der Waals surface area contributed by atoms with E-state index < -0.39 is 18.5 Å². The molecule has 6 nitrogen and oxygen atoms in total. The number of ether oxygens (including phenoxy) is 2. The van der Waals surface area contributed by atoms with Gasteiger partial charge in [-0.25, -0.2) is 4.79 Å². The van der Waals surface area contributed by atoms with Gasteiger partial charge in [-0.05, 0) is 24.3 Å². The second kappa shape index (κ2) is 7.12. The monoisotopic (exact) mass is 301 g/mol. The van der Waals surface area contributed by atoms with Crippen LogP contribution in [-0.4, -0.2) is 30.7 Å². The normalized spacial score (nSPS) is 9.86. The largest absolute Gasteiger partial charge is 0.507 e. The second-order valence-electron chi connectivity index (χ2n) is 4.37. The van der Waals surface area contributed by atoms with Gasteiger partial charge >= 0.3 is 5.97 Å². The lowest BCUT2D eigenvalue weighted by Gasteiger charge is -2.08. The summed E-state index contributed by atoms with van der Waals surface area (Å²) >= 11 is 0. The molecule has 0 saturated heterocycles. The number of nitrogens with one attached hydrogen (secondary N) is 1. The summed E-state index contributed by atoms with van der Waals surface area (Å²) in [5.74, 6) is -1.11. The van der Waals surface area contributed by atoms with Crippen LogP contribution in [0.25, 0.3) is 0 Å². The number of carbonyl (C=O) groups excluding carboxylic acids is 2. The van der Waals surface area contributed by atoms with Crippen molar-refractivity contribution >= 4 is 17.6 Å². The van der Waals surface area contributed by atoms with Crippen LogP contribution >= 0.6 is 0 Å². The fraction of sp³-hybridized carbons (Fsp3) is 0.125. The molecule has 2 aromatic carbocycles. The number of para-hydroxylation sites is 1. The van der Waals surface area contributed by atoms with Crippen LogP contribution in [0.3, 0.4) is 0 Å². The van der Waals surface area contributed by atoms with Crippen LogP contribution in [0.15, 0.2) is 48.5 Å². The predicted molar refractivity (Wildman–Crippen MR) is 80.0 cm³/mol. The molecule has 0 unspecified atom stereocenters. The van der Waals surface area contributed by atoms with Gasteiger partial charge in [0.05, 0.1) is 7.11 Å². The van der Waals surface area contributed by atoms with Crippen molar-refractivity contribution in [2.75, 3.05) is 19.0 Å². The Bertz CT molecular complexity index is 669. The van der Waals surface area contributed by atoms with Crippen LogP contribution in [0.2, 0.25) is 0 Å². The minimum atomic E-state index is -0.789. The molecule has 1 amide bonds. The molecule has 2 N–H and O–H groups in total. The third kappa shape index (κ3) is 3.99. The van der Waals surface area contributed by atoms with Gasteiger partial charge in [-0.2, -0.15) is 0 Å². The molecule has 22 heavy (non-hydrogen) atoms. The number of carbonyl (C=O) groups is 2. The fourth-order valence-electron chi connectivity index (χ4n) is 1.74. The summed E-state index contributed by atoms with van der Waals surface area (Å²) in [4.78, 5) is 23.5. The van der Waals surface area contributed by atoms with Crippen LogP contribution in [0.5, 0.6) is 11.5 Å². The van der Waals surface area contributed by atoms with Gasteiger partial charge in [0, 0.05) is 11.8 Å². The van der Waals surface area contributed by atoms with Crippen molar-refractivity contribution in [2.45, 2.75) is 0 Å². The van der Waals surface area contributed by atoms with E-state index in [2.05, 4.69) is 5.32 Å². The molecule has 0 spiro atoms. The van der Waals surface area contributed by atoms with E-state index in [1.54, 1.807) is 24.3 Å². The van der Waals surface area contributed by atoms with Crippen molar-refractivity contribution in [2.24, 2.45) is 0 Å². The number of anilines is 1. The van der Waals surface area contributed by atoms with Gasteiger partial charge in [0.2, 0.25) is 0 Å². The fourth-order valence-corrected chi connectivity index (χ4v) is 1.74. The molecular formula is C16H15NO5. The van der Waals surface area contributed by atoms with Crippen molar-refractivity contribution in [3.05, 3.63) is 54.1 Å². The first kappa shape index (κ1) is 15.4. The SMILES string of the molecule is COc1ccc(C(=O)OCC(=O)Nc2ccccc2)c(O)c1. The minimum Gasteiger partial charge on any atom is -0.507 e. The van der Waals surface area contributed by atoms with E-state index in [0.717, 1.165) is 0 Å². The Morgan fingerprint density at radius 1 is 1.14 bits per heavy atom. The highest BCUT2D eigenvalue weighted by molar-refractivity contribution is 5.96. The topological polar surface area (TPSA) is 84.9 Å². The summed E-state index contributed by atoms with van der Waals surface area (Å²) in [7, 11) is 1.45. The number of benzene rings is 2. The number of rotatable bonds is 5. The van der Waals surface area contributed by atoms with Gasteiger partial charge in [0.15, 0.2) is 6.61 Å². The number of phenolic OH excluding ortho intramolecular Hbond substituents is 1. The molecule has 0 atom stereocenters. The number of hydrogen-bond acceptors (Lipinski definition) is 5. The Hall–Kier alpha value is -3.02. The molecule has 114 valence electrons. The lowest BCUT2D eigenvalue weighted by atomic mass is 10.2. The van der Waals surface area contributed by atoms with Crippen LogP contribution in [0, 0.1) is 0 Å². The quantitative estimate of drug-likeness (QED) is 0.827. The Morgan fingerprint density at radius 2 is 1.86 bits per heavy atom. The molecule has 0 saturated carbocycles. The lowest BCUT2D eigenvalue weighted by Crippen LogP contribution is -2.20. The molecule has 0 aromatic heterocycles. The third-order valence-corrected chi connectivity index (χ3v) is 2.82. The van der Waals surface area contributed by atoms with Gasteiger partial charge in [0.1, 0.15) is 17.1 Å². The summed E-state index contributed by atoms with van der Waals surface area (Å²) in [6.07, 6.45) is 0. The molecule has 0 aliphatic rings. The van der Waals surface area contributed by atoms with Gasteiger partial charge in [0.25, 0.3) is 5.91 Å². The van der Waals surface area contributed by atoms with Crippen molar-refractivity contribution < 1.29 is 24.2 Å². The van der Waals surface area contributed by atoms with E-state index in [0.29, 0.717) is 11.4 Å². The van der Waals surface area contributed by atoms with Gasteiger partial charge < -0.3 is 19.9 Å². The maximum Gasteiger partial charge on any atom is 0.342 e. The molecule has 0 fully saturated rings. The Labute approximate surface area is 127 Å². The van der Waals surface area contributed by atoms with Crippen molar-refractivity contribution in [1.82, 2.24) is 0 Å². The number of amides is 1. The zero-order chi connectivity index (χ0) is 15.9. The smallest absolute Gasteiger partial charge is 0.342 e. The Balaban J connectivity index is 1.91. The first-order valence-corrected chi connectivity index (χ1v) is 6.49. The van der Waals surface area contributed by atoms with E-state index >= 15 is 0 Å². The highest BCUT2D eigenvalue weighted by Crippen LogP contribution is 2.23. The van der Waals surface area contributed by atoms with E-state index in [9.17, 15) is 14.7 Å². The summed E-state index contributed by atoms with van der Waals surface area (Å²) in [6, 6.07) is 13.0. The molecule has 0 radical (unpaired) electrons. The number of methoxy groups -OCH3 is 1. The molecular weight excluding hydrogens is 286 g/mol. The third-order valence-electron chi connectivity index (χ3n) is 2.82. The van der Waals surface area contributed by atoms with E-state index in [-0.39, 0.29) is 11.3 Å².